The standard InChI is InChI=1S/C27H24N6O2/c1-16(2)23-14-21(24-26(28)29-15-30-33(23)24)25(34)18-9-5-10-19(13-18)31-27(35)32-22-12-6-8-17-7-3-4-11-20(17)22/h3-16H,1-2H3,(H2,28,29,30)(H2,31,32,35). The first kappa shape index (κ1) is 22.1. The molecule has 5 aromatic rings. The Labute approximate surface area is 201 Å². The second-order valence-electron chi connectivity index (χ2n) is 8.56. The summed E-state index contributed by atoms with van der Waals surface area (Å²) < 4.78 is 1.67. The van der Waals surface area contributed by atoms with Gasteiger partial charge >= 0.3 is 6.03 Å². The Morgan fingerprint density at radius 2 is 1.71 bits per heavy atom. The van der Waals surface area contributed by atoms with Gasteiger partial charge in [-0.3, -0.25) is 4.79 Å². The zero-order chi connectivity index (χ0) is 24.5. The number of carbonyl (C=O) groups is 2. The Morgan fingerprint density at radius 1 is 0.943 bits per heavy atom. The minimum absolute atomic E-state index is 0.129. The van der Waals surface area contributed by atoms with Gasteiger partial charge in [0.25, 0.3) is 0 Å². The number of nitrogens with zero attached hydrogens (tertiary/aromatic N) is 3. The summed E-state index contributed by atoms with van der Waals surface area (Å²) in [6.45, 7) is 4.04. The van der Waals surface area contributed by atoms with Crippen molar-refractivity contribution in [1.29, 1.82) is 0 Å². The van der Waals surface area contributed by atoms with E-state index >= 15 is 0 Å². The molecule has 0 fully saturated rings. The average Bonchev–Trinajstić information content (AvgIpc) is 3.25. The van der Waals surface area contributed by atoms with E-state index in [1.807, 2.05) is 56.3 Å². The van der Waals surface area contributed by atoms with Crippen LogP contribution in [0, 0.1) is 0 Å². The largest absolute Gasteiger partial charge is 0.382 e. The smallest absolute Gasteiger partial charge is 0.323 e. The molecule has 2 heterocycles. The lowest BCUT2D eigenvalue weighted by Gasteiger charge is -2.11. The third-order valence-corrected chi connectivity index (χ3v) is 5.87. The summed E-state index contributed by atoms with van der Waals surface area (Å²) in [6, 6.07) is 21.7. The number of hydrogen-bond donors (Lipinski definition) is 3. The van der Waals surface area contributed by atoms with Gasteiger partial charge in [0.15, 0.2) is 11.6 Å². The first-order chi connectivity index (χ1) is 16.9. The molecule has 0 saturated carbocycles. The van der Waals surface area contributed by atoms with Crippen molar-refractivity contribution in [2.75, 3.05) is 16.4 Å². The highest BCUT2D eigenvalue weighted by Crippen LogP contribution is 2.28. The maximum absolute atomic E-state index is 13.5. The predicted octanol–water partition coefficient (Wildman–Crippen LogP) is 5.46. The first-order valence-electron chi connectivity index (χ1n) is 11.2. The number of rotatable bonds is 5. The Bertz CT molecular complexity index is 1580. The highest BCUT2D eigenvalue weighted by atomic mass is 16.2. The Balaban J connectivity index is 1.42. The molecule has 0 atom stereocenters. The Kier molecular flexibility index (Phi) is 5.62. The van der Waals surface area contributed by atoms with E-state index in [1.165, 1.54) is 6.33 Å². The van der Waals surface area contributed by atoms with Crippen molar-refractivity contribution in [3.63, 3.8) is 0 Å². The monoisotopic (exact) mass is 464 g/mol. The van der Waals surface area contributed by atoms with Crippen molar-refractivity contribution in [3.05, 3.63) is 95.9 Å². The van der Waals surface area contributed by atoms with Crippen molar-refractivity contribution in [2.24, 2.45) is 0 Å². The second-order valence-corrected chi connectivity index (χ2v) is 8.56. The molecule has 2 amide bonds. The summed E-state index contributed by atoms with van der Waals surface area (Å²) in [6.07, 6.45) is 1.38. The fourth-order valence-corrected chi connectivity index (χ4v) is 4.19. The second kappa shape index (κ2) is 8.90. The van der Waals surface area contributed by atoms with Gasteiger partial charge in [-0.25, -0.2) is 14.3 Å². The quantitative estimate of drug-likeness (QED) is 0.299. The number of urea groups is 1. The zero-order valence-corrected chi connectivity index (χ0v) is 19.3. The van der Waals surface area contributed by atoms with E-state index in [1.54, 1.807) is 34.8 Å². The van der Waals surface area contributed by atoms with Crippen LogP contribution in [0.15, 0.2) is 79.1 Å². The number of carbonyl (C=O) groups excluding carboxylic acids is 2. The maximum Gasteiger partial charge on any atom is 0.323 e. The van der Waals surface area contributed by atoms with E-state index in [0.29, 0.717) is 28.0 Å². The van der Waals surface area contributed by atoms with Crippen LogP contribution in [0.3, 0.4) is 0 Å². The molecule has 0 saturated heterocycles. The number of anilines is 3. The van der Waals surface area contributed by atoms with Crippen molar-refractivity contribution >= 4 is 45.3 Å². The topological polar surface area (TPSA) is 114 Å². The SMILES string of the molecule is CC(C)c1cc(C(=O)c2cccc(NC(=O)Nc3cccc4ccccc34)c2)c2c(N)ncnn12. The summed E-state index contributed by atoms with van der Waals surface area (Å²) in [7, 11) is 0. The molecule has 8 nitrogen and oxygen atoms in total. The molecular formula is C27H24N6O2. The van der Waals surface area contributed by atoms with Crippen molar-refractivity contribution < 1.29 is 9.59 Å². The number of hydrogen-bond acceptors (Lipinski definition) is 5. The summed E-state index contributed by atoms with van der Waals surface area (Å²) in [4.78, 5) is 30.3. The third-order valence-electron chi connectivity index (χ3n) is 5.87. The number of nitrogens with one attached hydrogen (secondary N) is 2. The number of amides is 2. The molecule has 35 heavy (non-hydrogen) atoms. The summed E-state index contributed by atoms with van der Waals surface area (Å²) in [5.41, 5.74) is 9.47. The molecule has 0 aliphatic carbocycles. The van der Waals surface area contributed by atoms with Crippen LogP contribution in [0.25, 0.3) is 16.3 Å². The third kappa shape index (κ3) is 4.17. The van der Waals surface area contributed by atoms with Gasteiger partial charge in [0.2, 0.25) is 0 Å². The van der Waals surface area contributed by atoms with Gasteiger partial charge in [-0.05, 0) is 35.6 Å². The van der Waals surface area contributed by atoms with E-state index in [0.717, 1.165) is 16.5 Å². The Morgan fingerprint density at radius 3 is 2.54 bits per heavy atom. The highest BCUT2D eigenvalue weighted by Gasteiger charge is 2.22. The molecule has 8 heteroatoms. The Hall–Kier alpha value is -4.72. The van der Waals surface area contributed by atoms with Crippen molar-refractivity contribution in [1.82, 2.24) is 14.6 Å². The van der Waals surface area contributed by atoms with E-state index < -0.39 is 6.03 Å². The van der Waals surface area contributed by atoms with E-state index in [4.69, 9.17) is 5.73 Å². The van der Waals surface area contributed by atoms with Gasteiger partial charge in [-0.2, -0.15) is 5.10 Å². The molecule has 5 rings (SSSR count). The van der Waals surface area contributed by atoms with Gasteiger partial charge in [0.05, 0.1) is 11.3 Å². The van der Waals surface area contributed by atoms with Gasteiger partial charge in [-0.15, -0.1) is 0 Å². The molecule has 3 aromatic carbocycles. The lowest BCUT2D eigenvalue weighted by molar-refractivity contribution is 0.104. The zero-order valence-electron chi connectivity index (χ0n) is 19.3. The molecule has 4 N–H and O–H groups in total. The van der Waals surface area contributed by atoms with E-state index in [-0.39, 0.29) is 17.5 Å². The maximum atomic E-state index is 13.5. The van der Waals surface area contributed by atoms with Crippen molar-refractivity contribution in [3.8, 4) is 0 Å². The van der Waals surface area contributed by atoms with Crippen LogP contribution >= 0.6 is 0 Å². The van der Waals surface area contributed by atoms with Gasteiger partial charge in [0.1, 0.15) is 11.8 Å². The first-order valence-corrected chi connectivity index (χ1v) is 11.2. The molecule has 0 aliphatic rings. The average molecular weight is 465 g/mol. The molecule has 0 radical (unpaired) electrons. The number of nitrogen functional groups attached to an aromatic ring is 1. The molecule has 174 valence electrons. The number of benzene rings is 3. The summed E-state index contributed by atoms with van der Waals surface area (Å²) >= 11 is 0. The van der Waals surface area contributed by atoms with Crippen LogP contribution < -0.4 is 16.4 Å². The molecule has 0 unspecified atom stereocenters. The predicted molar refractivity (Wildman–Crippen MR) is 138 cm³/mol. The lowest BCUT2D eigenvalue weighted by Crippen LogP contribution is -2.19. The number of aromatic nitrogens is 3. The lowest BCUT2D eigenvalue weighted by atomic mass is 10.0. The van der Waals surface area contributed by atoms with Gasteiger partial charge in [0, 0.05) is 22.3 Å². The normalized spacial score (nSPS) is 11.2. The number of fused-ring (bicyclic) bond motifs is 2. The molecule has 2 aromatic heterocycles. The van der Waals surface area contributed by atoms with E-state index in [2.05, 4.69) is 20.7 Å². The fraction of sp³-hybridized carbons (Fsp3) is 0.111. The summed E-state index contributed by atoms with van der Waals surface area (Å²) in [5.74, 6) is 0.136. The van der Waals surface area contributed by atoms with Crippen LogP contribution in [0.4, 0.5) is 22.0 Å². The molecule has 0 bridgehead atoms. The van der Waals surface area contributed by atoms with Crippen LogP contribution in [0.2, 0.25) is 0 Å². The minimum atomic E-state index is -0.403. The molecule has 0 aliphatic heterocycles. The molecular weight excluding hydrogens is 440 g/mol. The van der Waals surface area contributed by atoms with Gasteiger partial charge < -0.3 is 16.4 Å². The van der Waals surface area contributed by atoms with E-state index in [9.17, 15) is 9.59 Å². The number of ketones is 1. The van der Waals surface area contributed by atoms with Crippen LogP contribution in [0.1, 0.15) is 41.4 Å². The fourth-order valence-electron chi connectivity index (χ4n) is 4.19. The van der Waals surface area contributed by atoms with Crippen LogP contribution in [-0.2, 0) is 0 Å². The molecule has 0 spiro atoms. The minimum Gasteiger partial charge on any atom is -0.382 e. The van der Waals surface area contributed by atoms with Crippen LogP contribution in [0.5, 0.6) is 0 Å². The number of nitrogens with two attached hydrogens (primary N) is 1. The highest BCUT2D eigenvalue weighted by molar-refractivity contribution is 6.15. The van der Waals surface area contributed by atoms with Crippen LogP contribution in [-0.4, -0.2) is 26.4 Å². The summed E-state index contributed by atoms with van der Waals surface area (Å²) in [5, 5.41) is 12.0. The van der Waals surface area contributed by atoms with Crippen molar-refractivity contribution in [2.45, 2.75) is 19.8 Å². The van der Waals surface area contributed by atoms with Gasteiger partial charge in [-0.1, -0.05) is 62.4 Å².